The molecule has 2 atom stereocenters. The lowest BCUT2D eigenvalue weighted by Crippen LogP contribution is -2.36. The van der Waals surface area contributed by atoms with E-state index in [1.54, 1.807) is 0 Å². The van der Waals surface area contributed by atoms with Gasteiger partial charge in [0.1, 0.15) is 11.6 Å². The Morgan fingerprint density at radius 1 is 1.12 bits per heavy atom. The number of aromatic nitrogens is 3. The Morgan fingerprint density at radius 2 is 1.88 bits per heavy atom. The van der Waals surface area contributed by atoms with Gasteiger partial charge in [0, 0.05) is 31.1 Å². The zero-order valence-corrected chi connectivity index (χ0v) is 17.1. The highest BCUT2D eigenvalue weighted by Gasteiger charge is 2.34. The molecule has 0 radical (unpaired) electrons. The van der Waals surface area contributed by atoms with Crippen molar-refractivity contribution in [3.63, 3.8) is 0 Å². The van der Waals surface area contributed by atoms with Gasteiger partial charge in [-0.1, -0.05) is 5.16 Å². The van der Waals surface area contributed by atoms with Crippen LogP contribution in [0.5, 0.6) is 0 Å². The molecule has 1 amide bonds. The van der Waals surface area contributed by atoms with Gasteiger partial charge in [-0.3, -0.25) is 4.79 Å². The number of hydrogen-bond acceptors (Lipinski definition) is 6. The molecule has 174 valence electrons. The zero-order valence-electron chi connectivity index (χ0n) is 17.1. The zero-order chi connectivity index (χ0) is 23.7. The van der Waals surface area contributed by atoms with Gasteiger partial charge in [0.05, 0.1) is 12.2 Å². The maximum atomic E-state index is 13.9. The summed E-state index contributed by atoms with van der Waals surface area (Å²) >= 11 is 0. The van der Waals surface area contributed by atoms with Gasteiger partial charge in [-0.05, 0) is 30.9 Å². The molecular formula is C21H18F5N5O2. The molecule has 0 saturated carbocycles. The van der Waals surface area contributed by atoms with E-state index in [1.807, 2.05) is 0 Å². The predicted molar refractivity (Wildman–Crippen MR) is 104 cm³/mol. The molecule has 0 aliphatic carbocycles. The van der Waals surface area contributed by atoms with Crippen molar-refractivity contribution in [2.75, 3.05) is 6.54 Å². The van der Waals surface area contributed by atoms with Gasteiger partial charge in [-0.2, -0.15) is 4.98 Å². The van der Waals surface area contributed by atoms with Crippen LogP contribution in [-0.4, -0.2) is 38.5 Å². The molecule has 1 aliphatic rings. The van der Waals surface area contributed by atoms with Crippen LogP contribution >= 0.6 is 0 Å². The number of amides is 1. The molecule has 1 fully saturated rings. The minimum absolute atomic E-state index is 0.126. The van der Waals surface area contributed by atoms with Gasteiger partial charge in [0.2, 0.25) is 5.91 Å². The van der Waals surface area contributed by atoms with Gasteiger partial charge in [-0.15, -0.1) is 0 Å². The number of hydrogen-bond donors (Lipinski definition) is 1. The third-order valence-electron chi connectivity index (χ3n) is 5.33. The van der Waals surface area contributed by atoms with Crippen molar-refractivity contribution < 1.29 is 31.3 Å². The standard InChI is InChI=1S/C21H18F5N5O2/c22-11-6-16(26)19(28-9-11)21-29-20(30-33-21)17-2-1-3-31(17)18(32)7-12(27)4-10-5-14(24)15(25)8-13(10)23/h5-6,8-9,12,17H,1-4,7,27H2/t12-,17+/m1/s1. The van der Waals surface area contributed by atoms with Gasteiger partial charge in [0.15, 0.2) is 29.0 Å². The second-order valence-corrected chi connectivity index (χ2v) is 7.71. The largest absolute Gasteiger partial charge is 0.332 e. The molecule has 1 aliphatic heterocycles. The Kier molecular flexibility index (Phi) is 6.36. The SMILES string of the molecule is N[C@@H](CC(=O)N1CCC[C@H]1c1noc(-c2ncc(F)cc2F)n1)Cc1cc(F)c(F)cc1F. The van der Waals surface area contributed by atoms with Gasteiger partial charge in [0.25, 0.3) is 5.89 Å². The minimum atomic E-state index is -1.31. The van der Waals surface area contributed by atoms with E-state index >= 15 is 0 Å². The van der Waals surface area contributed by atoms with E-state index in [1.165, 1.54) is 4.90 Å². The highest BCUT2D eigenvalue weighted by Crippen LogP contribution is 2.32. The van der Waals surface area contributed by atoms with Crippen molar-refractivity contribution in [2.45, 2.75) is 37.8 Å². The quantitative estimate of drug-likeness (QED) is 0.441. The highest BCUT2D eigenvalue weighted by atomic mass is 19.2. The summed E-state index contributed by atoms with van der Waals surface area (Å²) in [5, 5.41) is 3.81. The molecule has 0 bridgehead atoms. The lowest BCUT2D eigenvalue weighted by Gasteiger charge is -2.24. The molecule has 1 aromatic carbocycles. The molecule has 0 unspecified atom stereocenters. The summed E-state index contributed by atoms with van der Waals surface area (Å²) < 4.78 is 72.4. The number of benzene rings is 1. The molecule has 7 nitrogen and oxygen atoms in total. The van der Waals surface area contributed by atoms with Gasteiger partial charge in [-0.25, -0.2) is 26.9 Å². The first kappa shape index (κ1) is 22.8. The molecule has 33 heavy (non-hydrogen) atoms. The Balaban J connectivity index is 1.44. The summed E-state index contributed by atoms with van der Waals surface area (Å²) in [6.07, 6.45) is 1.60. The van der Waals surface area contributed by atoms with Crippen LogP contribution in [0, 0.1) is 29.1 Å². The number of carbonyl (C=O) groups excluding carboxylic acids is 1. The summed E-state index contributed by atoms with van der Waals surface area (Å²) in [5.74, 6) is -5.79. The normalized spacial score (nSPS) is 16.9. The maximum absolute atomic E-state index is 13.9. The monoisotopic (exact) mass is 467 g/mol. The average Bonchev–Trinajstić information content (AvgIpc) is 3.41. The van der Waals surface area contributed by atoms with E-state index in [9.17, 15) is 26.7 Å². The van der Waals surface area contributed by atoms with Crippen molar-refractivity contribution in [1.29, 1.82) is 0 Å². The van der Waals surface area contributed by atoms with E-state index < -0.39 is 41.2 Å². The van der Waals surface area contributed by atoms with E-state index in [2.05, 4.69) is 15.1 Å². The van der Waals surface area contributed by atoms with E-state index in [-0.39, 0.29) is 41.7 Å². The molecule has 2 N–H and O–H groups in total. The second kappa shape index (κ2) is 9.22. The van der Waals surface area contributed by atoms with E-state index in [0.717, 1.165) is 12.3 Å². The smallest absolute Gasteiger partial charge is 0.279 e. The predicted octanol–water partition coefficient (Wildman–Crippen LogP) is 3.45. The summed E-state index contributed by atoms with van der Waals surface area (Å²) in [6.45, 7) is 0.378. The highest BCUT2D eigenvalue weighted by molar-refractivity contribution is 5.77. The Bertz CT molecular complexity index is 1190. The van der Waals surface area contributed by atoms with Crippen LogP contribution in [-0.2, 0) is 11.2 Å². The summed E-state index contributed by atoms with van der Waals surface area (Å²) in [6, 6.07) is 0.371. The van der Waals surface area contributed by atoms with Crippen LogP contribution < -0.4 is 5.73 Å². The van der Waals surface area contributed by atoms with Crippen molar-refractivity contribution in [1.82, 2.24) is 20.0 Å². The number of halogens is 5. The lowest BCUT2D eigenvalue weighted by molar-refractivity contribution is -0.132. The van der Waals surface area contributed by atoms with Crippen LogP contribution in [0.4, 0.5) is 22.0 Å². The van der Waals surface area contributed by atoms with Crippen molar-refractivity contribution >= 4 is 5.91 Å². The summed E-state index contributed by atoms with van der Waals surface area (Å²) in [5.41, 5.74) is 5.51. The fraction of sp³-hybridized carbons (Fsp3) is 0.333. The maximum Gasteiger partial charge on any atom is 0.279 e. The Morgan fingerprint density at radius 3 is 2.64 bits per heavy atom. The number of nitrogens with zero attached hydrogens (tertiary/aromatic N) is 4. The van der Waals surface area contributed by atoms with Crippen molar-refractivity contribution in [3.05, 3.63) is 64.9 Å². The van der Waals surface area contributed by atoms with Crippen molar-refractivity contribution in [2.24, 2.45) is 5.73 Å². The minimum Gasteiger partial charge on any atom is -0.332 e. The van der Waals surface area contributed by atoms with Crippen LogP contribution in [0.25, 0.3) is 11.6 Å². The van der Waals surface area contributed by atoms with Crippen LogP contribution in [0.15, 0.2) is 28.9 Å². The first-order valence-corrected chi connectivity index (χ1v) is 10.1. The van der Waals surface area contributed by atoms with Gasteiger partial charge >= 0.3 is 0 Å². The molecule has 1 saturated heterocycles. The number of rotatable bonds is 6. The number of nitrogens with two attached hydrogens (primary N) is 1. The topological polar surface area (TPSA) is 98.1 Å². The Hall–Kier alpha value is -3.41. The van der Waals surface area contributed by atoms with E-state index in [0.29, 0.717) is 31.5 Å². The number of pyridine rings is 1. The molecule has 4 rings (SSSR count). The number of carbonyl (C=O) groups is 1. The third kappa shape index (κ3) is 4.85. The summed E-state index contributed by atoms with van der Waals surface area (Å²) in [4.78, 5) is 22.0. The van der Waals surface area contributed by atoms with Crippen LogP contribution in [0.1, 0.15) is 36.7 Å². The van der Waals surface area contributed by atoms with E-state index in [4.69, 9.17) is 10.3 Å². The fourth-order valence-electron chi connectivity index (χ4n) is 3.79. The van der Waals surface area contributed by atoms with Crippen LogP contribution in [0.3, 0.4) is 0 Å². The third-order valence-corrected chi connectivity index (χ3v) is 5.33. The summed E-state index contributed by atoms with van der Waals surface area (Å²) in [7, 11) is 0. The van der Waals surface area contributed by atoms with Gasteiger partial charge < -0.3 is 15.2 Å². The first-order valence-electron chi connectivity index (χ1n) is 10.1. The second-order valence-electron chi connectivity index (χ2n) is 7.71. The average molecular weight is 467 g/mol. The fourth-order valence-corrected chi connectivity index (χ4v) is 3.79. The molecule has 3 aromatic rings. The lowest BCUT2D eigenvalue weighted by atomic mass is 10.0. The first-order chi connectivity index (χ1) is 15.7. The molecule has 2 aromatic heterocycles. The molecular weight excluding hydrogens is 449 g/mol. The van der Waals surface area contributed by atoms with Crippen molar-refractivity contribution in [3.8, 4) is 11.6 Å². The molecule has 0 spiro atoms. The molecule has 3 heterocycles. The number of likely N-dealkylation sites (tertiary alicyclic amines) is 1. The molecule has 12 heteroatoms. The Labute approximate surface area is 184 Å². The van der Waals surface area contributed by atoms with Crippen LogP contribution in [0.2, 0.25) is 0 Å².